The minimum absolute atomic E-state index is 0.104. The van der Waals surface area contributed by atoms with E-state index in [1.165, 1.54) is 8.61 Å². The largest absolute Gasteiger partial charge is 0.444 e. The summed E-state index contributed by atoms with van der Waals surface area (Å²) in [6.45, 7) is 9.24. The van der Waals surface area contributed by atoms with Crippen LogP contribution in [0.4, 0.5) is 4.79 Å². The van der Waals surface area contributed by atoms with E-state index in [-0.39, 0.29) is 18.9 Å². The first-order valence-electron chi connectivity index (χ1n) is 9.67. The summed E-state index contributed by atoms with van der Waals surface area (Å²) in [6, 6.07) is 0. The van der Waals surface area contributed by atoms with Crippen molar-refractivity contribution in [1.82, 2.24) is 23.7 Å². The molecule has 0 saturated carbocycles. The highest BCUT2D eigenvalue weighted by molar-refractivity contribution is 7.86. The molecule has 2 saturated heterocycles. The van der Waals surface area contributed by atoms with Gasteiger partial charge in [0.25, 0.3) is 10.2 Å². The Kier molecular flexibility index (Phi) is 7.66. The maximum atomic E-state index is 12.8. The molecular formula is C17H33N5O5S. The molecule has 0 spiro atoms. The minimum Gasteiger partial charge on any atom is -0.444 e. The second-order valence-corrected chi connectivity index (χ2v) is 10.1. The molecule has 0 bridgehead atoms. The number of carbonyl (C=O) groups is 2. The lowest BCUT2D eigenvalue weighted by Gasteiger charge is -2.39. The first kappa shape index (κ1) is 22.9. The average Bonchev–Trinajstić information content (AvgIpc) is 2.60. The molecule has 2 fully saturated rings. The van der Waals surface area contributed by atoms with Gasteiger partial charge in [-0.25, -0.2) is 4.79 Å². The highest BCUT2D eigenvalue weighted by Gasteiger charge is 2.34. The number of hydrogen-bond acceptors (Lipinski definition) is 6. The fourth-order valence-corrected chi connectivity index (χ4v) is 4.67. The Hall–Kier alpha value is -1.43. The van der Waals surface area contributed by atoms with Crippen molar-refractivity contribution in [1.29, 1.82) is 0 Å². The molecule has 2 aliphatic rings. The summed E-state index contributed by atoms with van der Waals surface area (Å²) in [7, 11) is -1.50. The molecule has 0 atom stereocenters. The fourth-order valence-electron chi connectivity index (χ4n) is 3.09. The van der Waals surface area contributed by atoms with Gasteiger partial charge in [-0.15, -0.1) is 0 Å². The van der Waals surface area contributed by atoms with Crippen molar-refractivity contribution >= 4 is 22.2 Å². The van der Waals surface area contributed by atoms with Crippen LogP contribution < -0.4 is 5.32 Å². The molecule has 28 heavy (non-hydrogen) atoms. The molecule has 2 aliphatic heterocycles. The molecule has 162 valence electrons. The van der Waals surface area contributed by atoms with Crippen LogP contribution in [0.1, 0.15) is 27.2 Å². The van der Waals surface area contributed by atoms with Crippen molar-refractivity contribution in [3.05, 3.63) is 0 Å². The Morgan fingerprint density at radius 2 is 1.43 bits per heavy atom. The first-order chi connectivity index (χ1) is 13.0. The van der Waals surface area contributed by atoms with E-state index >= 15 is 0 Å². The lowest BCUT2D eigenvalue weighted by molar-refractivity contribution is -0.132. The maximum absolute atomic E-state index is 12.8. The Balaban J connectivity index is 1.74. The number of likely N-dealkylation sites (N-methyl/N-ethyl adjacent to an activating group) is 1. The molecule has 10 nitrogen and oxygen atoms in total. The molecular weight excluding hydrogens is 386 g/mol. The summed E-state index contributed by atoms with van der Waals surface area (Å²) < 4.78 is 33.6. The van der Waals surface area contributed by atoms with E-state index in [0.29, 0.717) is 39.3 Å². The predicted molar refractivity (Wildman–Crippen MR) is 105 cm³/mol. The monoisotopic (exact) mass is 419 g/mol. The van der Waals surface area contributed by atoms with Gasteiger partial charge in [0.1, 0.15) is 5.60 Å². The minimum atomic E-state index is -3.47. The van der Waals surface area contributed by atoms with Gasteiger partial charge >= 0.3 is 6.09 Å². The van der Waals surface area contributed by atoms with Crippen molar-refractivity contribution in [2.45, 2.75) is 32.8 Å². The predicted octanol–water partition coefficient (Wildman–Crippen LogP) is -0.462. The smallest absolute Gasteiger partial charge is 0.407 e. The average molecular weight is 420 g/mol. The highest BCUT2D eigenvalue weighted by Crippen LogP contribution is 2.15. The zero-order chi connectivity index (χ0) is 20.9. The van der Waals surface area contributed by atoms with Crippen LogP contribution in [0, 0.1) is 0 Å². The van der Waals surface area contributed by atoms with Crippen LogP contribution in [0.5, 0.6) is 0 Å². The van der Waals surface area contributed by atoms with Crippen LogP contribution in [-0.4, -0.2) is 110 Å². The van der Waals surface area contributed by atoms with E-state index in [1.807, 2.05) is 7.05 Å². The van der Waals surface area contributed by atoms with Gasteiger partial charge in [-0.05, 0) is 27.8 Å². The first-order valence-corrected chi connectivity index (χ1v) is 11.1. The SMILES string of the molecule is CN1CCN(S(=O)(=O)N2CCN(C(=O)CCNC(=O)OC(C)(C)C)CC2)CC1. The molecule has 0 radical (unpaired) electrons. The molecule has 0 aromatic carbocycles. The van der Waals surface area contributed by atoms with Gasteiger partial charge in [0.2, 0.25) is 5.91 Å². The number of nitrogens with one attached hydrogen (secondary N) is 1. The zero-order valence-electron chi connectivity index (χ0n) is 17.3. The van der Waals surface area contributed by atoms with E-state index in [9.17, 15) is 18.0 Å². The van der Waals surface area contributed by atoms with Crippen molar-refractivity contribution in [2.75, 3.05) is 66.0 Å². The Morgan fingerprint density at radius 3 is 1.93 bits per heavy atom. The number of nitrogens with zero attached hydrogens (tertiary/aromatic N) is 4. The lowest BCUT2D eigenvalue weighted by Crippen LogP contribution is -2.57. The topological polar surface area (TPSA) is 103 Å². The molecule has 0 unspecified atom stereocenters. The van der Waals surface area contributed by atoms with Crippen LogP contribution in [0.15, 0.2) is 0 Å². The molecule has 0 aromatic heterocycles. The highest BCUT2D eigenvalue weighted by atomic mass is 32.2. The van der Waals surface area contributed by atoms with Crippen LogP contribution >= 0.6 is 0 Å². The quantitative estimate of drug-likeness (QED) is 0.647. The summed E-state index contributed by atoms with van der Waals surface area (Å²) in [4.78, 5) is 27.7. The second-order valence-electron chi connectivity index (χ2n) is 8.17. The van der Waals surface area contributed by atoms with Crippen LogP contribution in [0.25, 0.3) is 0 Å². The van der Waals surface area contributed by atoms with Gasteiger partial charge in [0.05, 0.1) is 0 Å². The van der Waals surface area contributed by atoms with Gasteiger partial charge in [0.15, 0.2) is 0 Å². The summed E-state index contributed by atoms with van der Waals surface area (Å²) in [5, 5.41) is 2.56. The van der Waals surface area contributed by atoms with Gasteiger partial charge in [-0.1, -0.05) is 0 Å². The zero-order valence-corrected chi connectivity index (χ0v) is 18.1. The van der Waals surface area contributed by atoms with E-state index in [0.717, 1.165) is 13.1 Å². The summed E-state index contributed by atoms with van der Waals surface area (Å²) in [5.74, 6) is -0.104. The van der Waals surface area contributed by atoms with Crippen molar-refractivity contribution < 1.29 is 22.7 Å². The molecule has 0 aromatic rings. The Bertz CT molecular complexity index is 647. The van der Waals surface area contributed by atoms with Crippen LogP contribution in [0.2, 0.25) is 0 Å². The van der Waals surface area contributed by atoms with Gasteiger partial charge < -0.3 is 19.9 Å². The molecule has 2 rings (SSSR count). The molecule has 2 amide bonds. The third kappa shape index (κ3) is 6.57. The second kappa shape index (κ2) is 9.38. The van der Waals surface area contributed by atoms with E-state index < -0.39 is 21.9 Å². The summed E-state index contributed by atoms with van der Waals surface area (Å²) >= 11 is 0. The summed E-state index contributed by atoms with van der Waals surface area (Å²) in [5.41, 5.74) is -0.584. The van der Waals surface area contributed by atoms with E-state index in [1.54, 1.807) is 25.7 Å². The van der Waals surface area contributed by atoms with Gasteiger partial charge in [0, 0.05) is 65.3 Å². The molecule has 11 heteroatoms. The molecule has 0 aliphatic carbocycles. The van der Waals surface area contributed by atoms with Gasteiger partial charge in [-0.2, -0.15) is 17.0 Å². The number of rotatable bonds is 5. The molecule has 2 heterocycles. The van der Waals surface area contributed by atoms with Crippen LogP contribution in [-0.2, 0) is 19.7 Å². The summed E-state index contributed by atoms with van der Waals surface area (Å²) in [6.07, 6.45) is -0.395. The Labute approximate surface area is 167 Å². The van der Waals surface area contributed by atoms with Crippen molar-refractivity contribution in [2.24, 2.45) is 0 Å². The van der Waals surface area contributed by atoms with E-state index in [4.69, 9.17) is 4.74 Å². The van der Waals surface area contributed by atoms with Crippen molar-refractivity contribution in [3.63, 3.8) is 0 Å². The normalized spacial score (nSPS) is 20.8. The van der Waals surface area contributed by atoms with E-state index in [2.05, 4.69) is 10.2 Å². The molecule has 1 N–H and O–H groups in total. The van der Waals surface area contributed by atoms with Gasteiger partial charge in [-0.3, -0.25) is 4.79 Å². The number of alkyl carbamates (subject to hydrolysis) is 1. The lowest BCUT2D eigenvalue weighted by atomic mass is 10.2. The number of carbonyl (C=O) groups excluding carboxylic acids is 2. The fraction of sp³-hybridized carbons (Fsp3) is 0.882. The number of amides is 2. The number of piperazine rings is 2. The van der Waals surface area contributed by atoms with Crippen molar-refractivity contribution in [3.8, 4) is 0 Å². The third-order valence-electron chi connectivity index (χ3n) is 4.71. The van der Waals surface area contributed by atoms with Crippen LogP contribution in [0.3, 0.4) is 0 Å². The number of ether oxygens (including phenoxy) is 1. The Morgan fingerprint density at radius 1 is 0.929 bits per heavy atom. The maximum Gasteiger partial charge on any atom is 0.407 e. The third-order valence-corrected chi connectivity index (χ3v) is 6.75. The number of hydrogen-bond donors (Lipinski definition) is 1. The standard InChI is InChI=1S/C17H33N5O5S/c1-17(2,3)27-16(24)18-6-5-15(23)20-9-13-22(14-10-20)28(25,26)21-11-7-19(4)8-12-21/h5-14H2,1-4H3,(H,18,24).